The Morgan fingerprint density at radius 2 is 1.79 bits per heavy atom. The number of hydrogen-bond acceptors (Lipinski definition) is 2. The molecule has 2 rings (SSSR count). The molecule has 1 fully saturated rings. The molecule has 1 aromatic carbocycles. The van der Waals surface area contributed by atoms with E-state index in [1.165, 1.54) is 36.2 Å². The standard InChI is InChI=1S/C17H28N2/c1-12-7-13(2)11-19(10-12)17(9-18)16-6-5-14(3)15(4)8-16/h5-6,8,12-13,17H,7,9-11,18H2,1-4H3. The van der Waals surface area contributed by atoms with Gasteiger partial charge in [-0.1, -0.05) is 32.0 Å². The number of aryl methyl sites for hydroxylation is 2. The van der Waals surface area contributed by atoms with Gasteiger partial charge in [0.05, 0.1) is 0 Å². The van der Waals surface area contributed by atoms with E-state index in [-0.39, 0.29) is 0 Å². The lowest BCUT2D eigenvalue weighted by Gasteiger charge is -2.40. The van der Waals surface area contributed by atoms with E-state index in [1.807, 2.05) is 0 Å². The molecule has 1 aliphatic heterocycles. The van der Waals surface area contributed by atoms with Crippen molar-refractivity contribution in [3.63, 3.8) is 0 Å². The molecule has 106 valence electrons. The van der Waals surface area contributed by atoms with Crippen molar-refractivity contribution in [2.75, 3.05) is 19.6 Å². The summed E-state index contributed by atoms with van der Waals surface area (Å²) in [5.41, 5.74) is 10.2. The Hall–Kier alpha value is -0.860. The Balaban J connectivity index is 2.21. The fourth-order valence-corrected chi connectivity index (χ4v) is 3.43. The van der Waals surface area contributed by atoms with Gasteiger partial charge in [-0.25, -0.2) is 0 Å². The number of benzene rings is 1. The number of rotatable bonds is 3. The minimum Gasteiger partial charge on any atom is -0.329 e. The summed E-state index contributed by atoms with van der Waals surface area (Å²) in [5, 5.41) is 0. The van der Waals surface area contributed by atoms with Gasteiger partial charge in [0.2, 0.25) is 0 Å². The summed E-state index contributed by atoms with van der Waals surface area (Å²) >= 11 is 0. The Bertz CT molecular complexity index is 417. The van der Waals surface area contributed by atoms with Crippen molar-refractivity contribution in [3.8, 4) is 0 Å². The van der Waals surface area contributed by atoms with Gasteiger partial charge < -0.3 is 5.73 Å². The van der Waals surface area contributed by atoms with E-state index in [0.717, 1.165) is 11.8 Å². The van der Waals surface area contributed by atoms with Gasteiger partial charge >= 0.3 is 0 Å². The van der Waals surface area contributed by atoms with Crippen molar-refractivity contribution >= 4 is 0 Å². The highest BCUT2D eigenvalue weighted by molar-refractivity contribution is 5.32. The normalized spacial score (nSPS) is 26.4. The molecular weight excluding hydrogens is 232 g/mol. The molecule has 3 unspecified atom stereocenters. The topological polar surface area (TPSA) is 29.3 Å². The number of hydrogen-bond donors (Lipinski definition) is 1. The maximum Gasteiger partial charge on any atom is 0.0470 e. The van der Waals surface area contributed by atoms with Crippen LogP contribution < -0.4 is 5.73 Å². The molecule has 2 N–H and O–H groups in total. The molecule has 0 amide bonds. The second-order valence-corrected chi connectivity index (χ2v) is 6.50. The van der Waals surface area contributed by atoms with Gasteiger partial charge in [-0.2, -0.15) is 0 Å². The number of nitrogens with zero attached hydrogens (tertiary/aromatic N) is 1. The summed E-state index contributed by atoms with van der Waals surface area (Å²) < 4.78 is 0. The van der Waals surface area contributed by atoms with E-state index in [0.29, 0.717) is 12.6 Å². The van der Waals surface area contributed by atoms with E-state index in [1.54, 1.807) is 0 Å². The lowest BCUT2D eigenvalue weighted by molar-refractivity contribution is 0.0984. The van der Waals surface area contributed by atoms with E-state index in [9.17, 15) is 0 Å². The third-order valence-corrected chi connectivity index (χ3v) is 4.48. The van der Waals surface area contributed by atoms with Gasteiger partial charge in [0.25, 0.3) is 0 Å². The van der Waals surface area contributed by atoms with Gasteiger partial charge in [0, 0.05) is 25.7 Å². The molecule has 1 aromatic rings. The molecule has 1 saturated heterocycles. The van der Waals surface area contributed by atoms with Crippen LogP contribution in [0, 0.1) is 25.7 Å². The fraction of sp³-hybridized carbons (Fsp3) is 0.647. The largest absolute Gasteiger partial charge is 0.329 e. The predicted molar refractivity (Wildman–Crippen MR) is 82.2 cm³/mol. The second-order valence-electron chi connectivity index (χ2n) is 6.50. The zero-order chi connectivity index (χ0) is 14.0. The monoisotopic (exact) mass is 260 g/mol. The molecular formula is C17H28N2. The lowest BCUT2D eigenvalue weighted by Crippen LogP contribution is -2.43. The van der Waals surface area contributed by atoms with Crippen LogP contribution in [0.1, 0.15) is 43.0 Å². The average molecular weight is 260 g/mol. The number of nitrogens with two attached hydrogens (primary N) is 1. The molecule has 0 spiro atoms. The fourth-order valence-electron chi connectivity index (χ4n) is 3.43. The molecule has 0 saturated carbocycles. The first-order valence-corrected chi connectivity index (χ1v) is 7.52. The zero-order valence-electron chi connectivity index (χ0n) is 12.8. The minimum absolute atomic E-state index is 0.379. The van der Waals surface area contributed by atoms with E-state index in [4.69, 9.17) is 5.73 Å². The van der Waals surface area contributed by atoms with Gasteiger partial charge in [0.1, 0.15) is 0 Å². The van der Waals surface area contributed by atoms with E-state index in [2.05, 4.69) is 50.8 Å². The van der Waals surface area contributed by atoms with Crippen molar-refractivity contribution in [2.24, 2.45) is 17.6 Å². The van der Waals surface area contributed by atoms with Crippen LogP contribution in [0.5, 0.6) is 0 Å². The minimum atomic E-state index is 0.379. The Morgan fingerprint density at radius 1 is 1.16 bits per heavy atom. The molecule has 2 nitrogen and oxygen atoms in total. The Morgan fingerprint density at radius 3 is 2.32 bits per heavy atom. The second kappa shape index (κ2) is 6.06. The van der Waals surface area contributed by atoms with Crippen LogP contribution in [0.2, 0.25) is 0 Å². The highest BCUT2D eigenvalue weighted by atomic mass is 15.2. The Labute approximate surface area is 118 Å². The first kappa shape index (κ1) is 14.5. The average Bonchev–Trinajstić information content (AvgIpc) is 2.33. The molecule has 1 aliphatic rings. The molecule has 3 atom stereocenters. The third kappa shape index (κ3) is 3.37. The van der Waals surface area contributed by atoms with Crippen LogP contribution >= 0.6 is 0 Å². The molecule has 0 aromatic heterocycles. The van der Waals surface area contributed by atoms with Crippen LogP contribution in [0.4, 0.5) is 0 Å². The van der Waals surface area contributed by atoms with Gasteiger partial charge in [-0.05, 0) is 48.8 Å². The number of piperidine rings is 1. The van der Waals surface area contributed by atoms with Crippen molar-refractivity contribution < 1.29 is 0 Å². The van der Waals surface area contributed by atoms with Gasteiger partial charge in [0.15, 0.2) is 0 Å². The Kier molecular flexibility index (Phi) is 4.64. The van der Waals surface area contributed by atoms with Crippen molar-refractivity contribution in [1.29, 1.82) is 0 Å². The van der Waals surface area contributed by atoms with E-state index >= 15 is 0 Å². The maximum absolute atomic E-state index is 6.07. The smallest absolute Gasteiger partial charge is 0.0470 e. The van der Waals surface area contributed by atoms with E-state index < -0.39 is 0 Å². The van der Waals surface area contributed by atoms with Crippen LogP contribution in [0.15, 0.2) is 18.2 Å². The summed E-state index contributed by atoms with van der Waals surface area (Å²) in [6.45, 7) is 12.1. The van der Waals surface area contributed by atoms with Crippen LogP contribution in [0.3, 0.4) is 0 Å². The first-order chi connectivity index (χ1) is 9.01. The van der Waals surface area contributed by atoms with Gasteiger partial charge in [-0.15, -0.1) is 0 Å². The van der Waals surface area contributed by atoms with Crippen molar-refractivity contribution in [1.82, 2.24) is 4.90 Å². The van der Waals surface area contributed by atoms with Crippen LogP contribution in [0.25, 0.3) is 0 Å². The summed E-state index contributed by atoms with van der Waals surface area (Å²) in [4.78, 5) is 2.59. The third-order valence-electron chi connectivity index (χ3n) is 4.48. The molecule has 2 heteroatoms. The molecule has 0 aliphatic carbocycles. The molecule has 0 radical (unpaired) electrons. The van der Waals surface area contributed by atoms with Crippen molar-refractivity contribution in [2.45, 2.75) is 40.2 Å². The zero-order valence-corrected chi connectivity index (χ0v) is 12.8. The van der Waals surface area contributed by atoms with Crippen LogP contribution in [-0.4, -0.2) is 24.5 Å². The SMILES string of the molecule is Cc1ccc(C(CN)N2CC(C)CC(C)C2)cc1C. The first-order valence-electron chi connectivity index (χ1n) is 7.52. The molecule has 0 bridgehead atoms. The van der Waals surface area contributed by atoms with Gasteiger partial charge in [-0.3, -0.25) is 4.90 Å². The van der Waals surface area contributed by atoms with Crippen LogP contribution in [-0.2, 0) is 0 Å². The summed E-state index contributed by atoms with van der Waals surface area (Å²) in [6, 6.07) is 7.18. The summed E-state index contributed by atoms with van der Waals surface area (Å²) in [5.74, 6) is 1.56. The maximum atomic E-state index is 6.07. The quantitative estimate of drug-likeness (QED) is 0.903. The lowest BCUT2D eigenvalue weighted by atomic mass is 9.89. The highest BCUT2D eigenvalue weighted by Crippen LogP contribution is 2.29. The number of likely N-dealkylation sites (tertiary alicyclic amines) is 1. The summed E-state index contributed by atoms with van der Waals surface area (Å²) in [7, 11) is 0. The molecule has 1 heterocycles. The molecule has 19 heavy (non-hydrogen) atoms. The predicted octanol–water partition coefficient (Wildman–Crippen LogP) is 3.28. The highest BCUT2D eigenvalue weighted by Gasteiger charge is 2.27. The summed E-state index contributed by atoms with van der Waals surface area (Å²) in [6.07, 6.45) is 1.35. The van der Waals surface area contributed by atoms with Crippen molar-refractivity contribution in [3.05, 3.63) is 34.9 Å².